The largest absolute Gasteiger partial charge is 0.498 e. The van der Waals surface area contributed by atoms with Crippen LogP contribution in [-0.2, 0) is 17.6 Å². The minimum absolute atomic E-state index is 0.841. The maximum absolute atomic E-state index is 5.65. The van der Waals surface area contributed by atoms with Gasteiger partial charge in [0, 0.05) is 6.42 Å². The lowest BCUT2D eigenvalue weighted by atomic mass is 9.96. The van der Waals surface area contributed by atoms with Gasteiger partial charge in [0.05, 0.1) is 12.4 Å². The molecular formula is C13H16O. The van der Waals surface area contributed by atoms with Crippen LogP contribution in [0.2, 0.25) is 0 Å². The predicted octanol–water partition coefficient (Wildman–Crippen LogP) is 3.10. The van der Waals surface area contributed by atoms with E-state index in [1.807, 2.05) is 0 Å². The van der Waals surface area contributed by atoms with Crippen LogP contribution >= 0.6 is 0 Å². The Balaban J connectivity index is 2.05. The Kier molecular flexibility index (Phi) is 2.87. The van der Waals surface area contributed by atoms with Crippen LogP contribution in [0.15, 0.2) is 36.1 Å². The first-order valence-electron chi connectivity index (χ1n) is 5.28. The summed E-state index contributed by atoms with van der Waals surface area (Å²) >= 11 is 0. The van der Waals surface area contributed by atoms with Crippen molar-refractivity contribution < 1.29 is 4.74 Å². The first-order chi connectivity index (χ1) is 6.90. The van der Waals surface area contributed by atoms with Crippen LogP contribution in [0.1, 0.15) is 24.5 Å². The molecule has 0 radical (unpaired) electrons. The van der Waals surface area contributed by atoms with Gasteiger partial charge in [-0.2, -0.15) is 0 Å². The standard InChI is InChI=1S/C13H16O/c1-2-9-14-13-8-7-11-5-3-4-6-12(11)10-13/h3-6,8H,2,7,9-10H2,1H3. The van der Waals surface area contributed by atoms with Crippen molar-refractivity contribution in [3.05, 3.63) is 47.2 Å². The van der Waals surface area contributed by atoms with Gasteiger partial charge in [-0.1, -0.05) is 31.2 Å². The van der Waals surface area contributed by atoms with Crippen molar-refractivity contribution in [3.63, 3.8) is 0 Å². The molecule has 1 heteroatoms. The molecule has 1 nitrogen and oxygen atoms in total. The van der Waals surface area contributed by atoms with E-state index in [2.05, 4.69) is 37.3 Å². The maximum Gasteiger partial charge on any atom is 0.0967 e. The molecule has 1 aromatic rings. The van der Waals surface area contributed by atoms with Crippen LogP contribution < -0.4 is 0 Å². The quantitative estimate of drug-likeness (QED) is 0.708. The van der Waals surface area contributed by atoms with E-state index in [0.717, 1.165) is 31.6 Å². The molecule has 1 aliphatic rings. The van der Waals surface area contributed by atoms with Gasteiger partial charge in [-0.15, -0.1) is 0 Å². The Bertz CT molecular complexity index is 339. The number of hydrogen-bond acceptors (Lipinski definition) is 1. The number of rotatable bonds is 3. The molecule has 1 aromatic carbocycles. The van der Waals surface area contributed by atoms with Crippen molar-refractivity contribution in [2.45, 2.75) is 26.2 Å². The normalized spacial score (nSPS) is 14.5. The highest BCUT2D eigenvalue weighted by atomic mass is 16.5. The Morgan fingerprint density at radius 3 is 2.79 bits per heavy atom. The Morgan fingerprint density at radius 2 is 2.00 bits per heavy atom. The van der Waals surface area contributed by atoms with Gasteiger partial charge in [0.15, 0.2) is 0 Å². The molecule has 0 fully saturated rings. The zero-order valence-corrected chi connectivity index (χ0v) is 8.62. The molecule has 0 saturated carbocycles. The predicted molar refractivity (Wildman–Crippen MR) is 58.2 cm³/mol. The molecule has 0 aliphatic heterocycles. The average Bonchev–Trinajstić information content (AvgIpc) is 2.26. The second-order valence-electron chi connectivity index (χ2n) is 3.67. The van der Waals surface area contributed by atoms with Gasteiger partial charge in [0.1, 0.15) is 0 Å². The van der Waals surface area contributed by atoms with Crippen LogP contribution in [0.3, 0.4) is 0 Å². The summed E-state index contributed by atoms with van der Waals surface area (Å²) in [5.74, 6) is 1.14. The van der Waals surface area contributed by atoms with Gasteiger partial charge in [-0.05, 0) is 30.0 Å². The summed E-state index contributed by atoms with van der Waals surface area (Å²) in [5.41, 5.74) is 2.86. The first-order valence-corrected chi connectivity index (χ1v) is 5.28. The highest BCUT2D eigenvalue weighted by Crippen LogP contribution is 2.21. The monoisotopic (exact) mass is 188 g/mol. The van der Waals surface area contributed by atoms with Gasteiger partial charge < -0.3 is 4.74 Å². The van der Waals surface area contributed by atoms with Crippen molar-refractivity contribution in [2.24, 2.45) is 0 Å². The number of allylic oxidation sites excluding steroid dienone is 2. The zero-order valence-electron chi connectivity index (χ0n) is 8.62. The lowest BCUT2D eigenvalue weighted by Gasteiger charge is -2.17. The van der Waals surface area contributed by atoms with Gasteiger partial charge in [-0.3, -0.25) is 0 Å². The highest BCUT2D eigenvalue weighted by Gasteiger charge is 2.10. The highest BCUT2D eigenvalue weighted by molar-refractivity contribution is 5.35. The zero-order chi connectivity index (χ0) is 9.80. The van der Waals surface area contributed by atoms with E-state index in [4.69, 9.17) is 4.74 Å². The molecule has 0 atom stereocenters. The third-order valence-electron chi connectivity index (χ3n) is 2.52. The summed E-state index contributed by atoms with van der Waals surface area (Å²) in [7, 11) is 0. The molecule has 14 heavy (non-hydrogen) atoms. The van der Waals surface area contributed by atoms with Crippen LogP contribution in [0.5, 0.6) is 0 Å². The first kappa shape index (κ1) is 9.32. The van der Waals surface area contributed by atoms with E-state index in [1.165, 1.54) is 11.1 Å². The van der Waals surface area contributed by atoms with E-state index < -0.39 is 0 Å². The van der Waals surface area contributed by atoms with Crippen molar-refractivity contribution in [1.29, 1.82) is 0 Å². The van der Waals surface area contributed by atoms with Gasteiger partial charge in [-0.25, -0.2) is 0 Å². The molecule has 0 heterocycles. The number of ether oxygens (including phenoxy) is 1. The summed E-state index contributed by atoms with van der Waals surface area (Å²) in [5, 5.41) is 0. The van der Waals surface area contributed by atoms with E-state index in [-0.39, 0.29) is 0 Å². The summed E-state index contributed by atoms with van der Waals surface area (Å²) < 4.78 is 5.65. The van der Waals surface area contributed by atoms with Crippen LogP contribution in [0, 0.1) is 0 Å². The maximum atomic E-state index is 5.65. The second kappa shape index (κ2) is 4.32. The average molecular weight is 188 g/mol. The fraction of sp³-hybridized carbons (Fsp3) is 0.385. The summed E-state index contributed by atoms with van der Waals surface area (Å²) in [6.07, 6.45) is 5.28. The minimum Gasteiger partial charge on any atom is -0.498 e. The Morgan fingerprint density at radius 1 is 1.21 bits per heavy atom. The molecule has 0 N–H and O–H groups in total. The smallest absolute Gasteiger partial charge is 0.0967 e. The van der Waals surface area contributed by atoms with Gasteiger partial charge in [0.25, 0.3) is 0 Å². The number of benzene rings is 1. The molecule has 74 valence electrons. The second-order valence-corrected chi connectivity index (χ2v) is 3.67. The fourth-order valence-corrected chi connectivity index (χ4v) is 1.76. The van der Waals surface area contributed by atoms with E-state index in [1.54, 1.807) is 0 Å². The topological polar surface area (TPSA) is 9.23 Å². The lowest BCUT2D eigenvalue weighted by Crippen LogP contribution is -2.06. The Labute approximate surface area is 85.4 Å². The molecule has 1 aliphatic carbocycles. The van der Waals surface area contributed by atoms with Crippen LogP contribution in [0.25, 0.3) is 0 Å². The van der Waals surface area contributed by atoms with Gasteiger partial charge >= 0.3 is 0 Å². The third kappa shape index (κ3) is 1.98. The Hall–Kier alpha value is -1.24. The number of fused-ring (bicyclic) bond motifs is 1. The van der Waals surface area contributed by atoms with E-state index >= 15 is 0 Å². The van der Waals surface area contributed by atoms with Crippen molar-refractivity contribution in [3.8, 4) is 0 Å². The molecule has 0 saturated heterocycles. The van der Waals surface area contributed by atoms with E-state index in [9.17, 15) is 0 Å². The van der Waals surface area contributed by atoms with Crippen molar-refractivity contribution in [1.82, 2.24) is 0 Å². The fourth-order valence-electron chi connectivity index (χ4n) is 1.76. The number of hydrogen-bond donors (Lipinski definition) is 0. The van der Waals surface area contributed by atoms with Crippen molar-refractivity contribution >= 4 is 0 Å². The van der Waals surface area contributed by atoms with E-state index in [0.29, 0.717) is 0 Å². The van der Waals surface area contributed by atoms with Crippen LogP contribution in [-0.4, -0.2) is 6.61 Å². The minimum atomic E-state index is 0.841. The summed E-state index contributed by atoms with van der Waals surface area (Å²) in [6, 6.07) is 8.59. The van der Waals surface area contributed by atoms with Crippen molar-refractivity contribution in [2.75, 3.05) is 6.61 Å². The summed E-state index contributed by atoms with van der Waals surface area (Å²) in [4.78, 5) is 0. The molecule has 2 rings (SSSR count). The molecule has 0 spiro atoms. The summed E-state index contributed by atoms with van der Waals surface area (Å²) in [6.45, 7) is 2.98. The molecule has 0 unspecified atom stereocenters. The third-order valence-corrected chi connectivity index (χ3v) is 2.52. The van der Waals surface area contributed by atoms with Gasteiger partial charge in [0.2, 0.25) is 0 Å². The molecular weight excluding hydrogens is 172 g/mol. The molecule has 0 aromatic heterocycles. The lowest BCUT2D eigenvalue weighted by molar-refractivity contribution is 0.204. The SMILES string of the molecule is CCCOC1=CCc2ccccc2C1. The molecule has 0 bridgehead atoms. The molecule has 0 amide bonds. The van der Waals surface area contributed by atoms with Crippen LogP contribution in [0.4, 0.5) is 0 Å².